The maximum atomic E-state index is 13.2. The molecule has 4 rings (SSSR count). The number of nitrogens with zero attached hydrogens (tertiary/aromatic N) is 4. The number of piperidine rings is 1. The number of hydrogen-bond donors (Lipinski definition) is 0. The average molecular weight is 439 g/mol. The summed E-state index contributed by atoms with van der Waals surface area (Å²) in [6.45, 7) is 8.09. The van der Waals surface area contributed by atoms with Gasteiger partial charge in [-0.05, 0) is 37.5 Å². The van der Waals surface area contributed by atoms with Gasteiger partial charge in [-0.15, -0.1) is 0 Å². The molecule has 0 spiro atoms. The molecule has 2 saturated heterocycles. The zero-order valence-corrected chi connectivity index (χ0v) is 19.2. The van der Waals surface area contributed by atoms with Crippen molar-refractivity contribution >= 4 is 11.9 Å². The highest BCUT2D eigenvalue weighted by molar-refractivity contribution is 5.87. The number of aromatic nitrogens is 1. The van der Waals surface area contributed by atoms with Gasteiger partial charge in [0.05, 0.1) is 13.2 Å². The van der Waals surface area contributed by atoms with Crippen LogP contribution in [-0.4, -0.2) is 83.6 Å². The van der Waals surface area contributed by atoms with Crippen LogP contribution in [0.3, 0.4) is 0 Å². The lowest BCUT2D eigenvalue weighted by Crippen LogP contribution is -2.55. The van der Waals surface area contributed by atoms with Crippen molar-refractivity contribution in [2.45, 2.75) is 38.4 Å². The molecule has 2 aliphatic heterocycles. The van der Waals surface area contributed by atoms with Crippen molar-refractivity contribution in [3.8, 4) is 0 Å². The maximum absolute atomic E-state index is 13.2. The molecule has 1 amide bonds. The highest BCUT2D eigenvalue weighted by atomic mass is 16.5. The first-order valence-electron chi connectivity index (χ1n) is 11.6. The zero-order valence-electron chi connectivity index (χ0n) is 19.2. The van der Waals surface area contributed by atoms with E-state index in [1.807, 2.05) is 40.8 Å². The van der Waals surface area contributed by atoms with Crippen molar-refractivity contribution in [3.05, 3.63) is 59.9 Å². The van der Waals surface area contributed by atoms with E-state index in [1.165, 1.54) is 12.7 Å². The summed E-state index contributed by atoms with van der Waals surface area (Å²) in [7, 11) is 1.41. The highest BCUT2D eigenvalue weighted by Crippen LogP contribution is 2.26. The van der Waals surface area contributed by atoms with Gasteiger partial charge < -0.3 is 14.2 Å². The Morgan fingerprint density at radius 3 is 2.31 bits per heavy atom. The molecule has 7 heteroatoms. The summed E-state index contributed by atoms with van der Waals surface area (Å²) in [6, 6.07) is 14.4. The number of piperazine rings is 1. The second-order valence-corrected chi connectivity index (χ2v) is 8.82. The lowest BCUT2D eigenvalue weighted by molar-refractivity contribution is -0.138. The third-order valence-electron chi connectivity index (χ3n) is 6.90. The van der Waals surface area contributed by atoms with Crippen LogP contribution in [0, 0.1) is 0 Å². The third kappa shape index (κ3) is 5.05. The summed E-state index contributed by atoms with van der Waals surface area (Å²) in [5.41, 5.74) is 1.92. The monoisotopic (exact) mass is 438 g/mol. The molecule has 2 aliphatic rings. The smallest absolute Gasteiger partial charge is 0.354 e. The minimum atomic E-state index is -0.299. The Hall–Kier alpha value is -2.64. The molecule has 32 heavy (non-hydrogen) atoms. The van der Waals surface area contributed by atoms with Crippen LogP contribution in [0.2, 0.25) is 0 Å². The molecule has 172 valence electrons. The van der Waals surface area contributed by atoms with Crippen molar-refractivity contribution in [1.29, 1.82) is 0 Å². The molecule has 7 nitrogen and oxygen atoms in total. The number of ether oxygens (including phenoxy) is 1. The molecule has 0 bridgehead atoms. The van der Waals surface area contributed by atoms with E-state index in [0.717, 1.165) is 58.7 Å². The SMILES string of the molecule is COC(=O)c1cccn1C1CCN(C(C)C(=O)N2CCN(Cc3ccccc3)CC2)CC1. The van der Waals surface area contributed by atoms with Crippen molar-refractivity contribution in [2.24, 2.45) is 0 Å². The standard InChI is InChI=1S/C25H34N4O3/c1-20(24(30)28-17-15-26(16-18-28)19-21-7-4-3-5-8-21)27-13-10-22(11-14-27)29-12-6-9-23(29)25(31)32-2/h3-9,12,20,22H,10-11,13-19H2,1-2H3. The van der Waals surface area contributed by atoms with E-state index in [0.29, 0.717) is 5.69 Å². The summed E-state index contributed by atoms with van der Waals surface area (Å²) < 4.78 is 6.93. The molecular weight excluding hydrogens is 404 g/mol. The van der Waals surface area contributed by atoms with Gasteiger partial charge in [0.2, 0.25) is 5.91 Å². The van der Waals surface area contributed by atoms with Crippen LogP contribution in [0.4, 0.5) is 0 Å². The first-order chi connectivity index (χ1) is 15.6. The number of benzene rings is 1. The van der Waals surface area contributed by atoms with E-state index >= 15 is 0 Å². The molecule has 2 fully saturated rings. The fourth-order valence-corrected chi connectivity index (χ4v) is 4.93. The predicted molar refractivity (Wildman–Crippen MR) is 123 cm³/mol. The molecule has 1 aromatic heterocycles. The third-order valence-corrected chi connectivity index (χ3v) is 6.90. The van der Waals surface area contributed by atoms with Crippen molar-refractivity contribution < 1.29 is 14.3 Å². The van der Waals surface area contributed by atoms with Crippen molar-refractivity contribution in [3.63, 3.8) is 0 Å². The minimum Gasteiger partial charge on any atom is -0.464 e. The Morgan fingerprint density at radius 2 is 1.66 bits per heavy atom. The Kier molecular flexibility index (Phi) is 7.27. The van der Waals surface area contributed by atoms with E-state index < -0.39 is 0 Å². The molecule has 3 heterocycles. The molecule has 0 N–H and O–H groups in total. The van der Waals surface area contributed by atoms with Gasteiger partial charge in [-0.25, -0.2) is 4.79 Å². The number of amides is 1. The zero-order chi connectivity index (χ0) is 22.5. The van der Waals surface area contributed by atoms with Crippen LogP contribution < -0.4 is 0 Å². The number of likely N-dealkylation sites (tertiary alicyclic amines) is 1. The summed E-state index contributed by atoms with van der Waals surface area (Å²) in [4.78, 5) is 31.9. The van der Waals surface area contributed by atoms with Crippen LogP contribution >= 0.6 is 0 Å². The topological polar surface area (TPSA) is 58.0 Å². The largest absolute Gasteiger partial charge is 0.464 e. The molecule has 0 radical (unpaired) electrons. The van der Waals surface area contributed by atoms with Gasteiger partial charge in [0.25, 0.3) is 0 Å². The van der Waals surface area contributed by atoms with Gasteiger partial charge in [0.1, 0.15) is 5.69 Å². The minimum absolute atomic E-state index is 0.110. The highest BCUT2D eigenvalue weighted by Gasteiger charge is 2.32. The normalized spacial score (nSPS) is 19.6. The molecule has 2 aromatic rings. The lowest BCUT2D eigenvalue weighted by atomic mass is 10.0. The van der Waals surface area contributed by atoms with Crippen LogP contribution in [0.15, 0.2) is 48.7 Å². The Morgan fingerprint density at radius 1 is 0.969 bits per heavy atom. The van der Waals surface area contributed by atoms with Gasteiger partial charge in [-0.1, -0.05) is 30.3 Å². The van der Waals surface area contributed by atoms with E-state index in [-0.39, 0.29) is 24.0 Å². The van der Waals surface area contributed by atoms with Gasteiger partial charge >= 0.3 is 5.97 Å². The van der Waals surface area contributed by atoms with Gasteiger partial charge in [0, 0.05) is 58.1 Å². The van der Waals surface area contributed by atoms with E-state index in [1.54, 1.807) is 0 Å². The molecule has 1 atom stereocenters. The number of carbonyl (C=O) groups is 2. The van der Waals surface area contributed by atoms with E-state index in [2.05, 4.69) is 34.1 Å². The second kappa shape index (κ2) is 10.3. The predicted octanol–water partition coefficient (Wildman–Crippen LogP) is 2.64. The number of rotatable bonds is 6. The van der Waals surface area contributed by atoms with Crippen molar-refractivity contribution in [1.82, 2.24) is 19.3 Å². The molecule has 0 saturated carbocycles. The number of carbonyl (C=O) groups excluding carboxylic acids is 2. The summed E-state index contributed by atoms with van der Waals surface area (Å²) in [6.07, 6.45) is 3.79. The van der Waals surface area contributed by atoms with Gasteiger partial charge in [-0.3, -0.25) is 14.6 Å². The van der Waals surface area contributed by atoms with Crippen LogP contribution in [0.1, 0.15) is 41.9 Å². The number of methoxy groups -OCH3 is 1. The molecule has 0 aliphatic carbocycles. The van der Waals surface area contributed by atoms with Gasteiger partial charge in [-0.2, -0.15) is 0 Å². The van der Waals surface area contributed by atoms with Crippen LogP contribution in [0.25, 0.3) is 0 Å². The first-order valence-corrected chi connectivity index (χ1v) is 11.6. The Balaban J connectivity index is 1.26. The fraction of sp³-hybridized carbons (Fsp3) is 0.520. The summed E-state index contributed by atoms with van der Waals surface area (Å²) in [5, 5.41) is 0. The van der Waals surface area contributed by atoms with Crippen molar-refractivity contribution in [2.75, 3.05) is 46.4 Å². The Labute approximate surface area is 190 Å². The number of hydrogen-bond acceptors (Lipinski definition) is 5. The summed E-state index contributed by atoms with van der Waals surface area (Å²) in [5.74, 6) is -0.0635. The van der Waals surface area contributed by atoms with Crippen LogP contribution in [0.5, 0.6) is 0 Å². The van der Waals surface area contributed by atoms with Crippen LogP contribution in [-0.2, 0) is 16.1 Å². The van der Waals surface area contributed by atoms with E-state index in [9.17, 15) is 9.59 Å². The second-order valence-electron chi connectivity index (χ2n) is 8.82. The molecular formula is C25H34N4O3. The first kappa shape index (κ1) is 22.6. The average Bonchev–Trinajstić information content (AvgIpc) is 3.34. The lowest BCUT2D eigenvalue weighted by Gasteiger charge is -2.40. The summed E-state index contributed by atoms with van der Waals surface area (Å²) >= 11 is 0. The fourth-order valence-electron chi connectivity index (χ4n) is 4.93. The maximum Gasteiger partial charge on any atom is 0.354 e. The number of esters is 1. The Bertz CT molecular complexity index is 897. The molecule has 1 unspecified atom stereocenters. The quantitative estimate of drug-likeness (QED) is 0.649. The van der Waals surface area contributed by atoms with E-state index in [4.69, 9.17) is 4.74 Å². The molecule has 1 aromatic carbocycles. The van der Waals surface area contributed by atoms with Gasteiger partial charge in [0.15, 0.2) is 0 Å².